The number of benzene rings is 1. The normalized spacial score (nSPS) is 14.0. The first-order chi connectivity index (χ1) is 6.86. The van der Waals surface area contributed by atoms with E-state index in [0.29, 0.717) is 0 Å². The molecule has 1 rings (SSSR count). The minimum atomic E-state index is -0.214. The van der Waals surface area contributed by atoms with Crippen molar-refractivity contribution in [2.75, 3.05) is 7.05 Å². The van der Waals surface area contributed by atoms with E-state index in [2.05, 4.69) is 42.0 Å². The summed E-state index contributed by atoms with van der Waals surface area (Å²) in [6, 6.07) is 5.03. The second-order valence-corrected chi connectivity index (χ2v) is 5.61. The molecule has 0 heterocycles. The van der Waals surface area contributed by atoms with Gasteiger partial charge in [0.25, 0.3) is 0 Å². The topological polar surface area (TPSA) is 12.0 Å². The first-order valence-corrected chi connectivity index (χ1v) is 5.78. The van der Waals surface area contributed by atoms with Gasteiger partial charge in [-0.3, -0.25) is 0 Å². The van der Waals surface area contributed by atoms with Gasteiger partial charge in [0.2, 0.25) is 0 Å². The van der Waals surface area contributed by atoms with E-state index in [1.807, 2.05) is 13.1 Å². The van der Waals surface area contributed by atoms with Crippen molar-refractivity contribution < 1.29 is 4.39 Å². The summed E-state index contributed by atoms with van der Waals surface area (Å²) in [6.45, 7) is 6.47. The van der Waals surface area contributed by atoms with Gasteiger partial charge in [-0.05, 0) is 30.2 Å². The lowest BCUT2D eigenvalue weighted by molar-refractivity contribution is 0.286. The lowest BCUT2D eigenvalue weighted by Gasteiger charge is -2.31. The molecule has 0 saturated carbocycles. The third-order valence-corrected chi connectivity index (χ3v) is 3.11. The second-order valence-electron chi connectivity index (χ2n) is 4.75. The predicted octanol–water partition coefficient (Wildman–Crippen LogP) is 3.89. The molecule has 1 nitrogen and oxygen atoms in total. The standard InChI is InChI=1S/C12H17BrFN/c1-12(2,3)11(15-4)9-6-5-8(14)7-10(9)13/h5-7,11,15H,1-4H3. The van der Waals surface area contributed by atoms with Gasteiger partial charge >= 0.3 is 0 Å². The van der Waals surface area contributed by atoms with E-state index in [1.54, 1.807) is 0 Å². The minimum Gasteiger partial charge on any atom is -0.313 e. The Morgan fingerprint density at radius 2 is 1.93 bits per heavy atom. The number of halogens is 2. The molecule has 0 aromatic heterocycles. The van der Waals surface area contributed by atoms with Crippen molar-refractivity contribution >= 4 is 15.9 Å². The summed E-state index contributed by atoms with van der Waals surface area (Å²) in [7, 11) is 1.92. The van der Waals surface area contributed by atoms with Gasteiger partial charge in [0.1, 0.15) is 5.82 Å². The molecule has 0 aliphatic heterocycles. The lowest BCUT2D eigenvalue weighted by Crippen LogP contribution is -2.29. The quantitative estimate of drug-likeness (QED) is 0.862. The van der Waals surface area contributed by atoms with Crippen LogP contribution in [0.4, 0.5) is 4.39 Å². The zero-order valence-electron chi connectivity index (χ0n) is 9.57. The number of hydrogen-bond donors (Lipinski definition) is 1. The Labute approximate surface area is 99.2 Å². The third-order valence-electron chi connectivity index (χ3n) is 2.43. The van der Waals surface area contributed by atoms with Gasteiger partial charge in [0, 0.05) is 10.5 Å². The first-order valence-electron chi connectivity index (χ1n) is 4.98. The maximum Gasteiger partial charge on any atom is 0.124 e. The number of nitrogens with one attached hydrogen (secondary N) is 1. The van der Waals surface area contributed by atoms with Crippen LogP contribution in [0.1, 0.15) is 32.4 Å². The molecule has 84 valence electrons. The average Bonchev–Trinajstić information content (AvgIpc) is 2.07. The first kappa shape index (κ1) is 12.7. The largest absolute Gasteiger partial charge is 0.313 e. The summed E-state index contributed by atoms with van der Waals surface area (Å²) < 4.78 is 13.8. The van der Waals surface area contributed by atoms with Crippen LogP contribution < -0.4 is 5.32 Å². The molecule has 0 aliphatic carbocycles. The van der Waals surface area contributed by atoms with Crippen LogP contribution in [0.3, 0.4) is 0 Å². The van der Waals surface area contributed by atoms with Crippen LogP contribution in [-0.4, -0.2) is 7.05 Å². The molecule has 0 fully saturated rings. The zero-order valence-corrected chi connectivity index (χ0v) is 11.2. The molecule has 1 N–H and O–H groups in total. The molecule has 1 atom stereocenters. The van der Waals surface area contributed by atoms with Crippen molar-refractivity contribution in [3.8, 4) is 0 Å². The van der Waals surface area contributed by atoms with E-state index in [9.17, 15) is 4.39 Å². The Balaban J connectivity index is 3.13. The summed E-state index contributed by atoms with van der Waals surface area (Å²) in [4.78, 5) is 0. The Hall–Kier alpha value is -0.410. The molecular formula is C12H17BrFN. The molecule has 3 heteroatoms. The lowest BCUT2D eigenvalue weighted by atomic mass is 9.82. The maximum absolute atomic E-state index is 13.0. The molecule has 0 aliphatic rings. The highest BCUT2D eigenvalue weighted by molar-refractivity contribution is 9.10. The van der Waals surface area contributed by atoms with Crippen LogP contribution in [0, 0.1) is 11.2 Å². The van der Waals surface area contributed by atoms with Gasteiger partial charge in [-0.25, -0.2) is 4.39 Å². The number of hydrogen-bond acceptors (Lipinski definition) is 1. The summed E-state index contributed by atoms with van der Waals surface area (Å²) in [5.74, 6) is -0.214. The second kappa shape index (κ2) is 4.62. The minimum absolute atomic E-state index is 0.0924. The van der Waals surface area contributed by atoms with Gasteiger partial charge in [0.05, 0.1) is 0 Å². The van der Waals surface area contributed by atoms with Crippen LogP contribution >= 0.6 is 15.9 Å². The molecular weight excluding hydrogens is 257 g/mol. The van der Waals surface area contributed by atoms with E-state index in [4.69, 9.17) is 0 Å². The van der Waals surface area contributed by atoms with E-state index in [-0.39, 0.29) is 17.3 Å². The van der Waals surface area contributed by atoms with Crippen molar-refractivity contribution in [1.82, 2.24) is 5.32 Å². The van der Waals surface area contributed by atoms with E-state index in [1.165, 1.54) is 12.1 Å². The van der Waals surface area contributed by atoms with Crippen molar-refractivity contribution in [2.24, 2.45) is 5.41 Å². The van der Waals surface area contributed by atoms with Gasteiger partial charge in [-0.2, -0.15) is 0 Å². The Bertz CT molecular complexity index is 344. The van der Waals surface area contributed by atoms with Gasteiger partial charge < -0.3 is 5.32 Å². The predicted molar refractivity (Wildman–Crippen MR) is 65.4 cm³/mol. The fraction of sp³-hybridized carbons (Fsp3) is 0.500. The molecule has 0 amide bonds. The highest BCUT2D eigenvalue weighted by atomic mass is 79.9. The molecule has 0 saturated heterocycles. The van der Waals surface area contributed by atoms with Gasteiger partial charge in [0.15, 0.2) is 0 Å². The van der Waals surface area contributed by atoms with Gasteiger partial charge in [-0.15, -0.1) is 0 Å². The van der Waals surface area contributed by atoms with Crippen LogP contribution in [0.5, 0.6) is 0 Å². The monoisotopic (exact) mass is 273 g/mol. The van der Waals surface area contributed by atoms with Crippen LogP contribution in [-0.2, 0) is 0 Å². The molecule has 0 radical (unpaired) electrons. The number of rotatable bonds is 2. The highest BCUT2D eigenvalue weighted by Crippen LogP contribution is 2.36. The van der Waals surface area contributed by atoms with E-state index < -0.39 is 0 Å². The Morgan fingerprint density at radius 3 is 2.33 bits per heavy atom. The van der Waals surface area contributed by atoms with E-state index >= 15 is 0 Å². The summed E-state index contributed by atoms with van der Waals surface area (Å²) >= 11 is 3.40. The Morgan fingerprint density at radius 1 is 1.33 bits per heavy atom. The van der Waals surface area contributed by atoms with Crippen molar-refractivity contribution in [1.29, 1.82) is 0 Å². The Kier molecular flexibility index (Phi) is 3.90. The fourth-order valence-electron chi connectivity index (χ4n) is 1.79. The summed E-state index contributed by atoms with van der Waals surface area (Å²) in [6.07, 6.45) is 0. The van der Waals surface area contributed by atoms with Crippen molar-refractivity contribution in [2.45, 2.75) is 26.8 Å². The van der Waals surface area contributed by atoms with Crippen molar-refractivity contribution in [3.63, 3.8) is 0 Å². The molecule has 0 spiro atoms. The van der Waals surface area contributed by atoms with E-state index in [0.717, 1.165) is 10.0 Å². The fourth-order valence-corrected chi connectivity index (χ4v) is 2.37. The molecule has 15 heavy (non-hydrogen) atoms. The third kappa shape index (κ3) is 3.02. The molecule has 1 unspecified atom stereocenters. The van der Waals surface area contributed by atoms with Gasteiger partial charge in [-0.1, -0.05) is 42.8 Å². The SMILES string of the molecule is CNC(c1ccc(F)cc1Br)C(C)(C)C. The van der Waals surface area contributed by atoms with Crippen LogP contribution in [0.15, 0.2) is 22.7 Å². The highest BCUT2D eigenvalue weighted by Gasteiger charge is 2.26. The van der Waals surface area contributed by atoms with Crippen LogP contribution in [0.25, 0.3) is 0 Å². The average molecular weight is 274 g/mol. The molecule has 0 bridgehead atoms. The molecule has 1 aromatic carbocycles. The smallest absolute Gasteiger partial charge is 0.124 e. The summed E-state index contributed by atoms with van der Waals surface area (Å²) in [5, 5.41) is 3.27. The van der Waals surface area contributed by atoms with Crippen molar-refractivity contribution in [3.05, 3.63) is 34.1 Å². The summed E-state index contributed by atoms with van der Waals surface area (Å²) in [5.41, 5.74) is 1.18. The molecule has 1 aromatic rings. The zero-order chi connectivity index (χ0) is 11.6. The van der Waals surface area contributed by atoms with Crippen LogP contribution in [0.2, 0.25) is 0 Å². The maximum atomic E-state index is 13.0.